The Kier molecular flexibility index (Phi) is 6.87. The summed E-state index contributed by atoms with van der Waals surface area (Å²) in [5.74, 6) is -0.354. The van der Waals surface area contributed by atoms with E-state index >= 15 is 0 Å². The zero-order valence-electron chi connectivity index (χ0n) is 11.9. The molecule has 108 valence electrons. The summed E-state index contributed by atoms with van der Waals surface area (Å²) in [4.78, 5) is 15.9. The molecule has 0 bridgehead atoms. The second-order valence-corrected chi connectivity index (χ2v) is 5.00. The second-order valence-electron chi connectivity index (χ2n) is 3.94. The third-order valence-electron chi connectivity index (χ3n) is 2.41. The quantitative estimate of drug-likeness (QED) is 0.938. The molecule has 0 aliphatic carbocycles. The zero-order valence-corrected chi connectivity index (χ0v) is 12.8. The van der Waals surface area contributed by atoms with Gasteiger partial charge in [0.25, 0.3) is 0 Å². The van der Waals surface area contributed by atoms with Crippen molar-refractivity contribution in [2.24, 2.45) is 0 Å². The molecule has 1 aromatic carbocycles. The van der Waals surface area contributed by atoms with Gasteiger partial charge >= 0.3 is 0 Å². The normalized spacial score (nSPS) is 9.60. The highest BCUT2D eigenvalue weighted by Gasteiger charge is 2.06. The molecule has 1 heterocycles. The molecule has 20 heavy (non-hydrogen) atoms. The number of carbonyl (C=O) groups is 1. The van der Waals surface area contributed by atoms with Crippen molar-refractivity contribution in [1.29, 1.82) is 0 Å². The Morgan fingerprint density at radius 2 is 1.95 bits per heavy atom. The van der Waals surface area contributed by atoms with Gasteiger partial charge in [-0.05, 0) is 24.6 Å². The summed E-state index contributed by atoms with van der Waals surface area (Å²) in [5.41, 5.74) is 1.66. The van der Waals surface area contributed by atoms with E-state index in [9.17, 15) is 9.18 Å². The van der Waals surface area contributed by atoms with Gasteiger partial charge in [0.1, 0.15) is 5.82 Å². The first kappa shape index (κ1) is 16.3. The first-order chi connectivity index (χ1) is 9.63. The van der Waals surface area contributed by atoms with Crippen LogP contribution in [0.3, 0.4) is 0 Å². The predicted molar refractivity (Wildman–Crippen MR) is 80.1 cm³/mol. The Balaban J connectivity index is 0.000000956. The van der Waals surface area contributed by atoms with Gasteiger partial charge in [0.15, 0.2) is 0 Å². The first-order valence-electron chi connectivity index (χ1n) is 6.55. The van der Waals surface area contributed by atoms with E-state index in [1.807, 2.05) is 26.2 Å². The Bertz CT molecular complexity index is 537. The van der Waals surface area contributed by atoms with Gasteiger partial charge < -0.3 is 5.32 Å². The van der Waals surface area contributed by atoms with Crippen molar-refractivity contribution in [2.45, 2.75) is 33.7 Å². The minimum atomic E-state index is -0.275. The Labute approximate surface area is 122 Å². The van der Waals surface area contributed by atoms with Crippen LogP contribution >= 0.6 is 11.3 Å². The molecule has 0 saturated carbocycles. The lowest BCUT2D eigenvalue weighted by Crippen LogP contribution is -2.24. The topological polar surface area (TPSA) is 42.0 Å². The summed E-state index contributed by atoms with van der Waals surface area (Å²) >= 11 is 1.53. The second kappa shape index (κ2) is 8.43. The molecule has 1 N–H and O–H groups in total. The van der Waals surface area contributed by atoms with Crippen LogP contribution in [0.4, 0.5) is 4.39 Å². The number of aromatic nitrogens is 1. The highest BCUT2D eigenvalue weighted by atomic mass is 32.1. The zero-order chi connectivity index (χ0) is 15.0. The molecule has 5 heteroatoms. The van der Waals surface area contributed by atoms with Gasteiger partial charge in [0.05, 0.1) is 17.1 Å². The Morgan fingerprint density at radius 1 is 1.30 bits per heavy atom. The number of nitrogens with zero attached hydrogens (tertiary/aromatic N) is 1. The third-order valence-corrected chi connectivity index (χ3v) is 3.23. The minimum Gasteiger partial charge on any atom is -0.352 e. The molecule has 0 saturated heterocycles. The average Bonchev–Trinajstić information content (AvgIpc) is 2.86. The van der Waals surface area contributed by atoms with Gasteiger partial charge in [0.2, 0.25) is 5.91 Å². The number of thiazole rings is 1. The highest BCUT2D eigenvalue weighted by molar-refractivity contribution is 7.09. The third kappa shape index (κ3) is 5.48. The molecule has 0 atom stereocenters. The van der Waals surface area contributed by atoms with Crippen LogP contribution in [0.15, 0.2) is 29.6 Å². The molecule has 0 fully saturated rings. The molecular formula is C15H19FN2OS. The van der Waals surface area contributed by atoms with Crippen LogP contribution in [-0.4, -0.2) is 10.9 Å². The van der Waals surface area contributed by atoms with E-state index < -0.39 is 0 Å². The van der Waals surface area contributed by atoms with Crippen molar-refractivity contribution in [2.75, 3.05) is 0 Å². The SMILES string of the molecule is CC.Cc1nc(CC(=O)NCc2ccc(F)cc2)cs1. The van der Waals surface area contributed by atoms with E-state index in [-0.39, 0.29) is 18.1 Å². The van der Waals surface area contributed by atoms with Gasteiger partial charge in [-0.2, -0.15) is 0 Å². The van der Waals surface area contributed by atoms with E-state index in [1.54, 1.807) is 12.1 Å². The summed E-state index contributed by atoms with van der Waals surface area (Å²) in [6.07, 6.45) is 0.283. The fourth-order valence-electron chi connectivity index (χ4n) is 1.52. The Hall–Kier alpha value is -1.75. The minimum absolute atomic E-state index is 0.0791. The highest BCUT2D eigenvalue weighted by Crippen LogP contribution is 2.08. The lowest BCUT2D eigenvalue weighted by Gasteiger charge is -2.04. The maximum Gasteiger partial charge on any atom is 0.226 e. The van der Waals surface area contributed by atoms with E-state index in [0.29, 0.717) is 6.54 Å². The van der Waals surface area contributed by atoms with Crippen LogP contribution in [0.1, 0.15) is 30.1 Å². The molecule has 2 rings (SSSR count). The van der Waals surface area contributed by atoms with Gasteiger partial charge in [0, 0.05) is 11.9 Å². The molecule has 2 aromatic rings. The number of rotatable bonds is 4. The summed E-state index contributed by atoms with van der Waals surface area (Å²) in [5, 5.41) is 5.62. The molecule has 3 nitrogen and oxygen atoms in total. The smallest absolute Gasteiger partial charge is 0.226 e. The summed E-state index contributed by atoms with van der Waals surface area (Å²) in [7, 11) is 0. The largest absolute Gasteiger partial charge is 0.352 e. The number of amides is 1. The summed E-state index contributed by atoms with van der Waals surface area (Å²) in [6, 6.07) is 6.07. The van der Waals surface area contributed by atoms with Gasteiger partial charge in [-0.1, -0.05) is 26.0 Å². The molecule has 1 aromatic heterocycles. The molecular weight excluding hydrogens is 275 g/mol. The van der Waals surface area contributed by atoms with Crippen molar-refractivity contribution < 1.29 is 9.18 Å². The Morgan fingerprint density at radius 3 is 2.50 bits per heavy atom. The maximum absolute atomic E-state index is 12.7. The van der Waals surface area contributed by atoms with E-state index in [2.05, 4.69) is 10.3 Å². The number of hydrogen-bond donors (Lipinski definition) is 1. The molecule has 1 amide bonds. The number of halogens is 1. The summed E-state index contributed by atoms with van der Waals surface area (Å²) < 4.78 is 12.7. The molecule has 0 aliphatic heterocycles. The number of carbonyl (C=O) groups excluding carboxylic acids is 1. The molecule has 0 unspecified atom stereocenters. The van der Waals surface area contributed by atoms with Crippen LogP contribution in [-0.2, 0) is 17.8 Å². The molecule has 0 spiro atoms. The fraction of sp³-hybridized carbons (Fsp3) is 0.333. The summed E-state index contributed by atoms with van der Waals surface area (Å²) in [6.45, 7) is 6.31. The van der Waals surface area contributed by atoms with Crippen molar-refractivity contribution in [1.82, 2.24) is 10.3 Å². The molecule has 0 aliphatic rings. The van der Waals surface area contributed by atoms with Crippen molar-refractivity contribution in [3.8, 4) is 0 Å². The average molecular weight is 294 g/mol. The van der Waals surface area contributed by atoms with E-state index in [0.717, 1.165) is 16.3 Å². The monoisotopic (exact) mass is 294 g/mol. The van der Waals surface area contributed by atoms with Crippen LogP contribution < -0.4 is 5.32 Å². The van der Waals surface area contributed by atoms with Crippen molar-refractivity contribution >= 4 is 17.2 Å². The van der Waals surface area contributed by atoms with Crippen molar-refractivity contribution in [3.05, 3.63) is 51.7 Å². The first-order valence-corrected chi connectivity index (χ1v) is 7.43. The number of aryl methyl sites for hydroxylation is 1. The lowest BCUT2D eigenvalue weighted by molar-refractivity contribution is -0.120. The van der Waals surface area contributed by atoms with Crippen LogP contribution in [0.2, 0.25) is 0 Å². The van der Waals surface area contributed by atoms with Gasteiger partial charge in [-0.15, -0.1) is 11.3 Å². The number of benzene rings is 1. The number of hydrogen-bond acceptors (Lipinski definition) is 3. The molecule has 0 radical (unpaired) electrons. The number of nitrogens with one attached hydrogen (secondary N) is 1. The van der Waals surface area contributed by atoms with E-state index in [4.69, 9.17) is 0 Å². The predicted octanol–water partition coefficient (Wildman–Crippen LogP) is 3.48. The lowest BCUT2D eigenvalue weighted by atomic mass is 10.2. The fourth-order valence-corrected chi connectivity index (χ4v) is 2.13. The van der Waals surface area contributed by atoms with Crippen LogP contribution in [0.5, 0.6) is 0 Å². The maximum atomic E-state index is 12.7. The van der Waals surface area contributed by atoms with Crippen molar-refractivity contribution in [3.63, 3.8) is 0 Å². The van der Waals surface area contributed by atoms with Gasteiger partial charge in [-0.3, -0.25) is 4.79 Å². The van der Waals surface area contributed by atoms with Crippen LogP contribution in [0, 0.1) is 12.7 Å². The van der Waals surface area contributed by atoms with Gasteiger partial charge in [-0.25, -0.2) is 9.37 Å². The van der Waals surface area contributed by atoms with E-state index in [1.165, 1.54) is 23.5 Å². The standard InChI is InChI=1S/C13H13FN2OS.C2H6/c1-9-16-12(8-18-9)6-13(17)15-7-10-2-4-11(14)5-3-10;1-2/h2-5,8H,6-7H2,1H3,(H,15,17);1-2H3. The van der Waals surface area contributed by atoms with Crippen LogP contribution in [0.25, 0.3) is 0 Å².